The smallest absolute Gasteiger partial charge is 0.318 e. The molecule has 3 aromatic rings. The molecule has 0 aliphatic carbocycles. The summed E-state index contributed by atoms with van der Waals surface area (Å²) in [5.41, 5.74) is 1.44. The minimum Gasteiger partial charge on any atom is -0.405 e. The van der Waals surface area contributed by atoms with E-state index in [0.717, 1.165) is 36.0 Å². The van der Waals surface area contributed by atoms with E-state index in [9.17, 15) is 4.79 Å². The van der Waals surface area contributed by atoms with Gasteiger partial charge in [-0.25, -0.2) is 0 Å². The predicted molar refractivity (Wildman–Crippen MR) is 110 cm³/mol. The molecule has 0 unspecified atom stereocenters. The molecule has 0 spiro atoms. The third-order valence-electron chi connectivity index (χ3n) is 4.83. The maximum absolute atomic E-state index is 12.9. The van der Waals surface area contributed by atoms with Crippen LogP contribution in [-0.2, 0) is 0 Å². The average Bonchev–Trinajstić information content (AvgIpc) is 3.23. The van der Waals surface area contributed by atoms with E-state index in [0.29, 0.717) is 17.5 Å². The van der Waals surface area contributed by atoms with Crippen molar-refractivity contribution in [3.63, 3.8) is 0 Å². The van der Waals surface area contributed by atoms with Crippen LogP contribution in [0.15, 0.2) is 63.5 Å². The van der Waals surface area contributed by atoms with Crippen LogP contribution >= 0.6 is 15.9 Å². The topological polar surface area (TPSA) is 71.3 Å². The molecule has 2 aromatic carbocycles. The summed E-state index contributed by atoms with van der Waals surface area (Å²) in [7, 11) is 0. The van der Waals surface area contributed by atoms with Gasteiger partial charge in [0.15, 0.2) is 0 Å². The maximum Gasteiger partial charge on any atom is 0.318 e. The molecule has 1 fully saturated rings. The van der Waals surface area contributed by atoms with Crippen LogP contribution < -0.4 is 10.2 Å². The number of halogens is 1. The first kappa shape index (κ1) is 18.7. The molecule has 2 heterocycles. The van der Waals surface area contributed by atoms with Crippen molar-refractivity contribution in [2.24, 2.45) is 0 Å². The monoisotopic (exact) mass is 440 g/mol. The fourth-order valence-corrected chi connectivity index (χ4v) is 3.81. The van der Waals surface area contributed by atoms with Gasteiger partial charge in [0.2, 0.25) is 5.89 Å². The lowest BCUT2D eigenvalue weighted by atomic mass is 10.1. The number of hydrogen-bond acceptors (Lipinski definition) is 5. The summed E-state index contributed by atoms with van der Waals surface area (Å²) < 4.78 is 6.72. The molecule has 1 amide bonds. The van der Waals surface area contributed by atoms with E-state index >= 15 is 0 Å². The zero-order valence-corrected chi connectivity index (χ0v) is 16.9. The lowest BCUT2D eigenvalue weighted by Crippen LogP contribution is -2.30. The summed E-state index contributed by atoms with van der Waals surface area (Å²) in [6, 6.07) is 17.0. The highest BCUT2D eigenvalue weighted by atomic mass is 79.9. The Morgan fingerprint density at radius 3 is 2.46 bits per heavy atom. The number of aromatic nitrogens is 2. The van der Waals surface area contributed by atoms with E-state index in [-0.39, 0.29) is 5.91 Å². The van der Waals surface area contributed by atoms with Crippen molar-refractivity contribution >= 4 is 27.9 Å². The fraction of sp³-hybridized carbons (Fsp3) is 0.286. The zero-order valence-electron chi connectivity index (χ0n) is 15.3. The largest absolute Gasteiger partial charge is 0.405 e. The number of amides is 1. The molecule has 7 heteroatoms. The molecule has 1 N–H and O–H groups in total. The molecule has 1 aromatic heterocycles. The molecule has 28 heavy (non-hydrogen) atoms. The summed E-state index contributed by atoms with van der Waals surface area (Å²) >= 11 is 3.44. The third kappa shape index (κ3) is 4.09. The number of anilines is 1. The fourth-order valence-electron chi connectivity index (χ4n) is 3.34. The molecular weight excluding hydrogens is 420 g/mol. The van der Waals surface area contributed by atoms with E-state index in [1.54, 1.807) is 6.07 Å². The van der Waals surface area contributed by atoms with Crippen molar-refractivity contribution in [3.05, 3.63) is 76.1 Å². The highest BCUT2D eigenvalue weighted by molar-refractivity contribution is 9.10. The Bertz CT molecular complexity index is 938. The second kappa shape index (κ2) is 8.56. The van der Waals surface area contributed by atoms with Crippen molar-refractivity contribution in [2.45, 2.75) is 25.3 Å². The SMILES string of the molecule is O=C(N[C@@H](c1ccccc1)c1nnc(N2CCCCC2)o1)c1ccccc1Br. The molecular formula is C21H21BrN4O2. The first-order valence-electron chi connectivity index (χ1n) is 9.41. The van der Waals surface area contributed by atoms with Crippen molar-refractivity contribution in [3.8, 4) is 0 Å². The van der Waals surface area contributed by atoms with Gasteiger partial charge in [-0.3, -0.25) is 4.79 Å². The Kier molecular flexibility index (Phi) is 5.71. The molecule has 144 valence electrons. The van der Waals surface area contributed by atoms with Gasteiger partial charge in [0.05, 0.1) is 5.56 Å². The van der Waals surface area contributed by atoms with Gasteiger partial charge in [-0.1, -0.05) is 47.6 Å². The highest BCUT2D eigenvalue weighted by Crippen LogP contribution is 2.26. The van der Waals surface area contributed by atoms with Crippen LogP contribution in [-0.4, -0.2) is 29.2 Å². The van der Waals surface area contributed by atoms with E-state index < -0.39 is 6.04 Å². The standard InChI is InChI=1S/C21H21BrN4O2/c22-17-12-6-5-11-16(17)19(27)23-18(15-9-3-1-4-10-15)20-24-25-21(28-20)26-13-7-2-8-14-26/h1,3-6,9-12,18H,2,7-8,13-14H2,(H,23,27)/t18-/m0/s1. The van der Waals surface area contributed by atoms with Crippen molar-refractivity contribution < 1.29 is 9.21 Å². The van der Waals surface area contributed by atoms with Gasteiger partial charge in [0.25, 0.3) is 5.91 Å². The summed E-state index contributed by atoms with van der Waals surface area (Å²) in [6.45, 7) is 1.84. The minimum atomic E-state index is -0.521. The van der Waals surface area contributed by atoms with Gasteiger partial charge >= 0.3 is 6.01 Å². The number of rotatable bonds is 5. The van der Waals surface area contributed by atoms with E-state index in [1.807, 2.05) is 48.5 Å². The number of nitrogens with zero attached hydrogens (tertiary/aromatic N) is 3. The van der Waals surface area contributed by atoms with E-state index in [2.05, 4.69) is 36.3 Å². The lowest BCUT2D eigenvalue weighted by Gasteiger charge is -2.24. The second-order valence-electron chi connectivity index (χ2n) is 6.77. The summed E-state index contributed by atoms with van der Waals surface area (Å²) in [5, 5.41) is 11.5. The molecule has 1 aliphatic rings. The van der Waals surface area contributed by atoms with Gasteiger partial charge in [-0.15, -0.1) is 5.10 Å². The van der Waals surface area contributed by atoms with Gasteiger partial charge in [0, 0.05) is 17.6 Å². The summed E-state index contributed by atoms with van der Waals surface area (Å²) in [6.07, 6.45) is 3.48. The van der Waals surface area contributed by atoms with Crippen LogP contribution in [0.3, 0.4) is 0 Å². The third-order valence-corrected chi connectivity index (χ3v) is 5.52. The summed E-state index contributed by atoms with van der Waals surface area (Å²) in [5.74, 6) is 0.172. The summed E-state index contributed by atoms with van der Waals surface area (Å²) in [4.78, 5) is 15.0. The van der Waals surface area contributed by atoms with Gasteiger partial charge in [-0.2, -0.15) is 0 Å². The number of nitrogens with one attached hydrogen (secondary N) is 1. The first-order chi connectivity index (χ1) is 13.7. The predicted octanol–water partition coefficient (Wildman–Crippen LogP) is 4.34. The van der Waals surface area contributed by atoms with Crippen LogP contribution in [0.4, 0.5) is 6.01 Å². The van der Waals surface area contributed by atoms with Gasteiger partial charge in [0.1, 0.15) is 6.04 Å². The van der Waals surface area contributed by atoms with E-state index in [1.165, 1.54) is 6.42 Å². The van der Waals surface area contributed by atoms with Gasteiger partial charge < -0.3 is 14.6 Å². The van der Waals surface area contributed by atoms with Crippen LogP contribution in [0.25, 0.3) is 0 Å². The van der Waals surface area contributed by atoms with Crippen molar-refractivity contribution in [2.75, 3.05) is 18.0 Å². The quantitative estimate of drug-likeness (QED) is 0.638. The van der Waals surface area contributed by atoms with Crippen molar-refractivity contribution in [1.29, 1.82) is 0 Å². The molecule has 0 bridgehead atoms. The Morgan fingerprint density at radius 2 is 1.71 bits per heavy atom. The first-order valence-corrected chi connectivity index (χ1v) is 10.2. The number of carbonyl (C=O) groups is 1. The minimum absolute atomic E-state index is 0.209. The van der Waals surface area contributed by atoms with Gasteiger partial charge in [-0.05, 0) is 52.9 Å². The van der Waals surface area contributed by atoms with Crippen LogP contribution in [0.5, 0.6) is 0 Å². The molecule has 0 radical (unpaired) electrons. The molecule has 4 rings (SSSR count). The Morgan fingerprint density at radius 1 is 1.00 bits per heavy atom. The number of carbonyl (C=O) groups excluding carboxylic acids is 1. The molecule has 1 aliphatic heterocycles. The van der Waals surface area contributed by atoms with Crippen LogP contribution in [0, 0.1) is 0 Å². The zero-order chi connectivity index (χ0) is 19.3. The Hall–Kier alpha value is -2.67. The molecule has 0 saturated carbocycles. The van der Waals surface area contributed by atoms with Crippen molar-refractivity contribution in [1.82, 2.24) is 15.5 Å². The number of benzene rings is 2. The average molecular weight is 441 g/mol. The molecule has 6 nitrogen and oxygen atoms in total. The lowest BCUT2D eigenvalue weighted by molar-refractivity contribution is 0.0937. The Labute approximate surface area is 172 Å². The molecule has 1 atom stereocenters. The Balaban J connectivity index is 1.62. The number of hydrogen-bond donors (Lipinski definition) is 1. The highest BCUT2D eigenvalue weighted by Gasteiger charge is 2.26. The van der Waals surface area contributed by atoms with Crippen LogP contribution in [0.1, 0.15) is 47.1 Å². The molecule has 1 saturated heterocycles. The van der Waals surface area contributed by atoms with Crippen LogP contribution in [0.2, 0.25) is 0 Å². The van der Waals surface area contributed by atoms with E-state index in [4.69, 9.17) is 4.42 Å². The normalized spacial score (nSPS) is 15.2. The number of piperidine rings is 1. The maximum atomic E-state index is 12.9. The second-order valence-corrected chi connectivity index (χ2v) is 7.62.